The van der Waals surface area contributed by atoms with Crippen molar-refractivity contribution in [2.24, 2.45) is 0 Å². The molecule has 1 fully saturated rings. The second-order valence-corrected chi connectivity index (χ2v) is 8.42. The number of hydrogen-bond donors (Lipinski definition) is 1. The van der Waals surface area contributed by atoms with Gasteiger partial charge in [0.2, 0.25) is 0 Å². The Hall–Kier alpha value is -1.72. The van der Waals surface area contributed by atoms with Crippen molar-refractivity contribution in [2.75, 3.05) is 13.1 Å². The van der Waals surface area contributed by atoms with Gasteiger partial charge in [0, 0.05) is 35.3 Å². The lowest BCUT2D eigenvalue weighted by atomic mass is 9.93. The van der Waals surface area contributed by atoms with Crippen LogP contribution in [0.3, 0.4) is 0 Å². The van der Waals surface area contributed by atoms with Gasteiger partial charge in [-0.3, -0.25) is 5.10 Å². The predicted molar refractivity (Wildman–Crippen MR) is 104 cm³/mol. The number of nitrogens with one attached hydrogen (secondary N) is 1. The van der Waals surface area contributed by atoms with Crippen LogP contribution in [0, 0.1) is 0 Å². The van der Waals surface area contributed by atoms with E-state index in [2.05, 4.69) is 10.2 Å². The summed E-state index contributed by atoms with van der Waals surface area (Å²) in [4.78, 5) is 13.9. The molecular formula is C19H23Cl2N3O2. The van der Waals surface area contributed by atoms with Gasteiger partial charge in [0.15, 0.2) is 0 Å². The molecule has 1 amide bonds. The van der Waals surface area contributed by atoms with Gasteiger partial charge in [0.25, 0.3) is 0 Å². The molecule has 2 heterocycles. The molecule has 0 unspecified atom stereocenters. The molecule has 0 atom stereocenters. The molecule has 140 valence electrons. The first-order valence-corrected chi connectivity index (χ1v) is 9.47. The van der Waals surface area contributed by atoms with E-state index in [1.807, 2.05) is 32.9 Å². The molecule has 0 saturated carbocycles. The summed E-state index contributed by atoms with van der Waals surface area (Å²) in [5, 5.41) is 8.70. The molecule has 3 rings (SSSR count). The fourth-order valence-electron chi connectivity index (χ4n) is 3.08. The lowest BCUT2D eigenvalue weighted by molar-refractivity contribution is 0.0204. The van der Waals surface area contributed by atoms with Gasteiger partial charge in [-0.1, -0.05) is 23.2 Å². The molecule has 1 aromatic heterocycles. The molecule has 0 bridgehead atoms. The van der Waals surface area contributed by atoms with Crippen molar-refractivity contribution in [3.8, 4) is 11.3 Å². The van der Waals surface area contributed by atoms with E-state index in [0.717, 1.165) is 29.8 Å². The van der Waals surface area contributed by atoms with Crippen LogP contribution < -0.4 is 0 Å². The number of piperidine rings is 1. The average Bonchev–Trinajstić information content (AvgIpc) is 3.03. The number of aromatic nitrogens is 2. The number of rotatable bonds is 2. The minimum Gasteiger partial charge on any atom is -0.444 e. The molecule has 1 aliphatic rings. The molecule has 1 aliphatic heterocycles. The largest absolute Gasteiger partial charge is 0.444 e. The molecule has 1 saturated heterocycles. The van der Waals surface area contributed by atoms with Gasteiger partial charge in [-0.2, -0.15) is 5.10 Å². The SMILES string of the molecule is CC(C)(C)OC(=O)N1CCC(c2cc(-c3ccc(Cl)cc3Cl)n[nH]2)CC1. The Morgan fingerprint density at radius 2 is 1.92 bits per heavy atom. The zero-order valence-corrected chi connectivity index (χ0v) is 16.7. The van der Waals surface area contributed by atoms with Crippen molar-refractivity contribution in [1.29, 1.82) is 0 Å². The van der Waals surface area contributed by atoms with Crippen molar-refractivity contribution in [3.05, 3.63) is 40.0 Å². The normalized spacial score (nSPS) is 16.0. The van der Waals surface area contributed by atoms with Crippen molar-refractivity contribution in [3.63, 3.8) is 0 Å². The molecule has 26 heavy (non-hydrogen) atoms. The Balaban J connectivity index is 1.64. The summed E-state index contributed by atoms with van der Waals surface area (Å²) in [6, 6.07) is 7.42. The molecular weight excluding hydrogens is 373 g/mol. The summed E-state index contributed by atoms with van der Waals surface area (Å²) in [5.74, 6) is 0.334. The number of carbonyl (C=O) groups is 1. The summed E-state index contributed by atoms with van der Waals surface area (Å²) in [6.45, 7) is 6.99. The highest BCUT2D eigenvalue weighted by Gasteiger charge is 2.28. The van der Waals surface area contributed by atoms with Gasteiger partial charge in [-0.15, -0.1) is 0 Å². The van der Waals surface area contributed by atoms with E-state index in [1.54, 1.807) is 17.0 Å². The number of ether oxygens (including phenoxy) is 1. The fraction of sp³-hybridized carbons (Fsp3) is 0.474. The van der Waals surface area contributed by atoms with Crippen LogP contribution >= 0.6 is 23.2 Å². The first-order valence-electron chi connectivity index (χ1n) is 8.71. The number of benzene rings is 1. The van der Waals surface area contributed by atoms with E-state index in [4.69, 9.17) is 27.9 Å². The third kappa shape index (κ3) is 4.51. The number of carbonyl (C=O) groups excluding carboxylic acids is 1. The molecule has 0 spiro atoms. The van der Waals surface area contributed by atoms with Gasteiger partial charge in [-0.05, 0) is 57.9 Å². The van der Waals surface area contributed by atoms with Crippen molar-refractivity contribution in [1.82, 2.24) is 15.1 Å². The monoisotopic (exact) mass is 395 g/mol. The van der Waals surface area contributed by atoms with E-state index in [9.17, 15) is 4.79 Å². The second-order valence-electron chi connectivity index (χ2n) is 7.57. The lowest BCUT2D eigenvalue weighted by Crippen LogP contribution is -2.41. The van der Waals surface area contributed by atoms with Gasteiger partial charge in [0.1, 0.15) is 5.60 Å². The maximum Gasteiger partial charge on any atom is 0.410 e. The number of nitrogens with zero attached hydrogens (tertiary/aromatic N) is 2. The fourth-order valence-corrected chi connectivity index (χ4v) is 3.59. The maximum absolute atomic E-state index is 12.2. The Bertz CT molecular complexity index is 790. The molecule has 1 N–H and O–H groups in total. The summed E-state index contributed by atoms with van der Waals surface area (Å²) < 4.78 is 5.44. The standard InChI is InChI=1S/C19H23Cl2N3O2/c1-19(2,3)26-18(25)24-8-6-12(7-9-24)16-11-17(23-22-16)14-5-4-13(20)10-15(14)21/h4-5,10-12H,6-9H2,1-3H3,(H,22,23). The molecule has 0 radical (unpaired) electrons. The molecule has 1 aromatic carbocycles. The zero-order valence-electron chi connectivity index (χ0n) is 15.2. The van der Waals surface area contributed by atoms with E-state index in [-0.39, 0.29) is 6.09 Å². The van der Waals surface area contributed by atoms with Crippen LogP contribution in [0.5, 0.6) is 0 Å². The van der Waals surface area contributed by atoms with Crippen LogP contribution in [0.25, 0.3) is 11.3 Å². The van der Waals surface area contributed by atoms with Crippen molar-refractivity contribution in [2.45, 2.75) is 45.1 Å². The molecule has 2 aromatic rings. The summed E-state index contributed by atoms with van der Waals surface area (Å²) in [6.07, 6.45) is 1.50. The summed E-state index contributed by atoms with van der Waals surface area (Å²) in [7, 11) is 0. The van der Waals surface area contributed by atoms with Gasteiger partial charge in [0.05, 0.1) is 10.7 Å². The number of likely N-dealkylation sites (tertiary alicyclic amines) is 1. The number of halogens is 2. The lowest BCUT2D eigenvalue weighted by Gasteiger charge is -2.33. The van der Waals surface area contributed by atoms with Crippen LogP contribution in [0.4, 0.5) is 4.79 Å². The zero-order chi connectivity index (χ0) is 18.9. The Kier molecular flexibility index (Phi) is 5.49. The smallest absolute Gasteiger partial charge is 0.410 e. The van der Waals surface area contributed by atoms with Gasteiger partial charge < -0.3 is 9.64 Å². The van der Waals surface area contributed by atoms with E-state index < -0.39 is 5.60 Å². The summed E-state index contributed by atoms with van der Waals surface area (Å²) in [5.41, 5.74) is 2.25. The molecule has 7 heteroatoms. The van der Waals surface area contributed by atoms with Crippen molar-refractivity contribution < 1.29 is 9.53 Å². The average molecular weight is 396 g/mol. The minimum absolute atomic E-state index is 0.241. The van der Waals surface area contributed by atoms with E-state index in [1.165, 1.54) is 0 Å². The molecule has 0 aliphatic carbocycles. The highest BCUT2D eigenvalue weighted by molar-refractivity contribution is 6.36. The minimum atomic E-state index is -0.468. The number of H-pyrrole nitrogens is 1. The topological polar surface area (TPSA) is 58.2 Å². The Morgan fingerprint density at radius 1 is 1.23 bits per heavy atom. The number of hydrogen-bond acceptors (Lipinski definition) is 3. The van der Waals surface area contributed by atoms with Crippen LogP contribution in [-0.2, 0) is 4.74 Å². The number of amides is 1. The van der Waals surface area contributed by atoms with E-state index >= 15 is 0 Å². The van der Waals surface area contributed by atoms with Gasteiger partial charge in [-0.25, -0.2) is 4.79 Å². The third-order valence-corrected chi connectivity index (χ3v) is 4.94. The Labute approximate surface area is 163 Å². The Morgan fingerprint density at radius 3 is 2.54 bits per heavy atom. The van der Waals surface area contributed by atoms with Crippen LogP contribution in [0.1, 0.15) is 45.2 Å². The van der Waals surface area contributed by atoms with Crippen molar-refractivity contribution >= 4 is 29.3 Å². The van der Waals surface area contributed by atoms with Gasteiger partial charge >= 0.3 is 6.09 Å². The second kappa shape index (κ2) is 7.49. The maximum atomic E-state index is 12.2. The molecule has 5 nitrogen and oxygen atoms in total. The van der Waals surface area contributed by atoms with Crippen LogP contribution in [0.2, 0.25) is 10.0 Å². The summed E-state index contributed by atoms with van der Waals surface area (Å²) >= 11 is 12.2. The van der Waals surface area contributed by atoms with Crippen LogP contribution in [-0.4, -0.2) is 39.9 Å². The van der Waals surface area contributed by atoms with Crippen LogP contribution in [0.15, 0.2) is 24.3 Å². The number of aromatic amines is 1. The highest BCUT2D eigenvalue weighted by atomic mass is 35.5. The highest BCUT2D eigenvalue weighted by Crippen LogP contribution is 2.33. The quantitative estimate of drug-likeness (QED) is 0.730. The first-order chi connectivity index (χ1) is 12.2. The third-order valence-electron chi connectivity index (χ3n) is 4.39. The van der Waals surface area contributed by atoms with E-state index in [0.29, 0.717) is 29.1 Å². The first kappa shape index (κ1) is 19.1. The predicted octanol–water partition coefficient (Wildman–Crippen LogP) is 5.50.